The van der Waals surface area contributed by atoms with Crippen molar-refractivity contribution in [3.8, 4) is 0 Å². The summed E-state index contributed by atoms with van der Waals surface area (Å²) < 4.78 is 125. The zero-order valence-electron chi connectivity index (χ0n) is 42.2. The van der Waals surface area contributed by atoms with E-state index in [1.54, 1.807) is 81.5 Å². The Balaban J connectivity index is 2.24. The van der Waals surface area contributed by atoms with Crippen LogP contribution >= 0.6 is 0 Å². The highest BCUT2D eigenvalue weighted by molar-refractivity contribution is 5.82. The van der Waals surface area contributed by atoms with E-state index < -0.39 is 164 Å². The van der Waals surface area contributed by atoms with Gasteiger partial charge in [0.25, 0.3) is 0 Å². The van der Waals surface area contributed by atoms with Gasteiger partial charge in [0.2, 0.25) is 5.91 Å². The number of alkyl halides is 5. The standard InChI is InChI=1S/C45H70F5N5O16/c1-14-15-21(2)35(58)52-26-18-27(54-41(62)71-44(11,12)13)32(67-36-25(53-40(61)70-43(8,9)10)17-16-24(65-36)20-51-39(60)69-42(5,6)7)29(47)31(26)68-37-34(64-23(4)57)30(55-38(59)45(48,49)50)33(63-22(3)56)28(19-46)66-37/h16-17,21,24-34,36-37H,14-15,18-20H2,1-13H3,(H,51,60)(H,52,58)(H,53,61)(H,54,62)(H,55,59)/t21-,24?,25?,26+,27+,28?,29?,30-,31-,32?,33+,34?,36+,37+/m0/s1. The summed E-state index contributed by atoms with van der Waals surface area (Å²) in [4.78, 5) is 90.3. The third-order valence-corrected chi connectivity index (χ3v) is 10.3. The molecule has 0 radical (unpaired) electrons. The molecule has 1 aliphatic carbocycles. The largest absolute Gasteiger partial charge is 0.471 e. The van der Waals surface area contributed by atoms with Crippen LogP contribution in [0.3, 0.4) is 0 Å². The number of ether oxygens (including phenoxy) is 9. The molecule has 0 aromatic heterocycles. The average Bonchev–Trinajstić information content (AvgIpc) is 3.19. The molecule has 21 nitrogen and oxygen atoms in total. The van der Waals surface area contributed by atoms with Crippen molar-refractivity contribution in [3.63, 3.8) is 0 Å². The number of carbonyl (C=O) groups is 7. The third kappa shape index (κ3) is 19.5. The van der Waals surface area contributed by atoms with E-state index in [0.29, 0.717) is 12.8 Å². The predicted molar refractivity (Wildman–Crippen MR) is 237 cm³/mol. The van der Waals surface area contributed by atoms with Gasteiger partial charge in [0, 0.05) is 19.8 Å². The molecule has 14 atom stereocenters. The molecule has 2 heterocycles. The van der Waals surface area contributed by atoms with Crippen molar-refractivity contribution in [1.29, 1.82) is 0 Å². The summed E-state index contributed by atoms with van der Waals surface area (Å²) in [6.07, 6.45) is -23.3. The van der Waals surface area contributed by atoms with Crippen LogP contribution in [0.4, 0.5) is 36.3 Å². The second-order valence-electron chi connectivity index (χ2n) is 20.3. The lowest BCUT2D eigenvalue weighted by Crippen LogP contribution is -2.70. The molecule has 2 aliphatic heterocycles. The highest BCUT2D eigenvalue weighted by atomic mass is 19.4. The predicted octanol–water partition coefficient (Wildman–Crippen LogP) is 4.62. The quantitative estimate of drug-likeness (QED) is 0.0612. The number of carbonyl (C=O) groups excluding carboxylic acids is 7. The van der Waals surface area contributed by atoms with Crippen LogP contribution in [0.2, 0.25) is 0 Å². The molecule has 0 spiro atoms. The zero-order valence-corrected chi connectivity index (χ0v) is 42.2. The topological polar surface area (TPSA) is 263 Å². The van der Waals surface area contributed by atoms with Crippen LogP contribution in [0.25, 0.3) is 0 Å². The zero-order chi connectivity index (χ0) is 54.0. The van der Waals surface area contributed by atoms with E-state index in [1.165, 1.54) is 12.2 Å². The second-order valence-corrected chi connectivity index (χ2v) is 20.3. The van der Waals surface area contributed by atoms with Gasteiger partial charge in [-0.25, -0.2) is 23.2 Å². The molecule has 2 fully saturated rings. The van der Waals surface area contributed by atoms with Crippen LogP contribution in [-0.2, 0) is 61.8 Å². The lowest BCUT2D eigenvalue weighted by atomic mass is 9.83. The minimum atomic E-state index is -5.59. The fourth-order valence-corrected chi connectivity index (χ4v) is 7.59. The first kappa shape index (κ1) is 60.2. The Labute approximate surface area is 409 Å². The van der Waals surface area contributed by atoms with Crippen LogP contribution in [0, 0.1) is 5.92 Å². The van der Waals surface area contributed by atoms with Crippen LogP contribution in [0.15, 0.2) is 12.2 Å². The van der Waals surface area contributed by atoms with Gasteiger partial charge < -0.3 is 69.2 Å². The number of alkyl carbamates (subject to hydrolysis) is 3. The fourth-order valence-electron chi connectivity index (χ4n) is 7.59. The minimum Gasteiger partial charge on any atom is -0.457 e. The van der Waals surface area contributed by atoms with Crippen molar-refractivity contribution in [1.82, 2.24) is 26.6 Å². The molecule has 1 saturated carbocycles. The number of amides is 5. The lowest BCUT2D eigenvalue weighted by molar-refractivity contribution is -0.311. The highest BCUT2D eigenvalue weighted by Gasteiger charge is 2.57. The maximum absolute atomic E-state index is 18.1. The molecule has 0 aromatic rings. The van der Waals surface area contributed by atoms with Crippen LogP contribution in [-0.4, -0.2) is 158 Å². The second kappa shape index (κ2) is 25.0. The number of esters is 2. The van der Waals surface area contributed by atoms with Gasteiger partial charge in [-0.2, -0.15) is 13.2 Å². The molecular formula is C45H70F5N5O16. The van der Waals surface area contributed by atoms with E-state index in [1.807, 2.05) is 0 Å². The van der Waals surface area contributed by atoms with Gasteiger partial charge in [0.1, 0.15) is 53.9 Å². The molecule has 0 bridgehead atoms. The first-order chi connectivity index (χ1) is 32.6. The number of hydrogen-bond donors (Lipinski definition) is 5. The van der Waals surface area contributed by atoms with Gasteiger partial charge in [-0.3, -0.25) is 19.2 Å². The molecular weight excluding hydrogens is 962 g/mol. The van der Waals surface area contributed by atoms with Crippen LogP contribution < -0.4 is 26.6 Å². The fraction of sp³-hybridized carbons (Fsp3) is 0.800. The van der Waals surface area contributed by atoms with Crippen molar-refractivity contribution >= 4 is 42.0 Å². The summed E-state index contributed by atoms with van der Waals surface area (Å²) in [5.74, 6) is -6.38. The van der Waals surface area contributed by atoms with Crippen molar-refractivity contribution in [2.45, 2.75) is 212 Å². The molecule has 1 saturated heterocycles. The van der Waals surface area contributed by atoms with Gasteiger partial charge in [0.05, 0.1) is 24.7 Å². The Morgan fingerprint density at radius 1 is 0.676 bits per heavy atom. The van der Waals surface area contributed by atoms with Crippen LogP contribution in [0.1, 0.15) is 109 Å². The molecule has 5 N–H and O–H groups in total. The molecule has 5 amide bonds. The minimum absolute atomic E-state index is 0.254. The van der Waals surface area contributed by atoms with E-state index >= 15 is 4.39 Å². The van der Waals surface area contributed by atoms with E-state index in [4.69, 9.17) is 42.6 Å². The summed E-state index contributed by atoms with van der Waals surface area (Å²) in [6.45, 7) is 17.5. The smallest absolute Gasteiger partial charge is 0.457 e. The van der Waals surface area contributed by atoms with Crippen molar-refractivity contribution < 1.29 is 98.1 Å². The normalized spacial score (nSPS) is 29.6. The molecule has 6 unspecified atom stereocenters. The summed E-state index contributed by atoms with van der Waals surface area (Å²) >= 11 is 0. The average molecular weight is 1030 g/mol. The Morgan fingerprint density at radius 3 is 1.69 bits per heavy atom. The summed E-state index contributed by atoms with van der Waals surface area (Å²) in [5.41, 5.74) is -2.99. The van der Waals surface area contributed by atoms with Gasteiger partial charge in [-0.05, 0) is 75.2 Å². The molecule has 3 aliphatic rings. The maximum atomic E-state index is 18.1. The van der Waals surface area contributed by atoms with Crippen molar-refractivity contribution in [2.24, 2.45) is 5.92 Å². The summed E-state index contributed by atoms with van der Waals surface area (Å²) in [6, 6.07) is -6.58. The number of halogens is 5. The molecule has 71 heavy (non-hydrogen) atoms. The van der Waals surface area contributed by atoms with Crippen molar-refractivity contribution in [3.05, 3.63) is 12.2 Å². The first-order valence-electron chi connectivity index (χ1n) is 23.1. The third-order valence-electron chi connectivity index (χ3n) is 10.3. The molecule has 0 aromatic carbocycles. The monoisotopic (exact) mass is 1030 g/mol. The Bertz CT molecular complexity index is 1890. The Morgan fingerprint density at radius 2 is 1.18 bits per heavy atom. The maximum Gasteiger partial charge on any atom is 0.471 e. The Hall–Kier alpha value is -5.08. The van der Waals surface area contributed by atoms with Crippen molar-refractivity contribution in [2.75, 3.05) is 13.2 Å². The summed E-state index contributed by atoms with van der Waals surface area (Å²) in [5, 5.41) is 11.9. The van der Waals surface area contributed by atoms with Gasteiger partial charge in [0.15, 0.2) is 31.0 Å². The van der Waals surface area contributed by atoms with Crippen LogP contribution in [0.5, 0.6) is 0 Å². The SMILES string of the molecule is CCC[C@H](C)C(=O)N[C@@H]1C[C@@H](NC(=O)OC(C)(C)C)C(O[C@H]2OC(CNC(=O)OC(C)(C)C)C=CC2NC(=O)OC(C)(C)C)C(F)[C@H]1O[C@H]1OC(CF)[C@@H](OC(C)=O)[C@H](NC(=O)C(F)(F)F)C1OC(C)=O. The summed E-state index contributed by atoms with van der Waals surface area (Å²) in [7, 11) is 0. The van der Waals surface area contributed by atoms with E-state index in [9.17, 15) is 51.1 Å². The number of hydrogen-bond acceptors (Lipinski definition) is 16. The van der Waals surface area contributed by atoms with Gasteiger partial charge >= 0.3 is 42.3 Å². The number of nitrogens with one attached hydrogen (secondary N) is 5. The number of rotatable bonds is 16. The first-order valence-corrected chi connectivity index (χ1v) is 23.1. The Kier molecular flexibility index (Phi) is 21.2. The molecule has 26 heteroatoms. The van der Waals surface area contributed by atoms with Gasteiger partial charge in [-0.15, -0.1) is 0 Å². The molecule has 3 rings (SSSR count). The van der Waals surface area contributed by atoms with E-state index in [2.05, 4.69) is 21.3 Å². The van der Waals surface area contributed by atoms with Gasteiger partial charge in [-0.1, -0.05) is 32.4 Å². The molecule has 406 valence electrons. The lowest BCUT2D eigenvalue weighted by Gasteiger charge is -2.49. The highest BCUT2D eigenvalue weighted by Crippen LogP contribution is 2.36. The van der Waals surface area contributed by atoms with E-state index in [0.717, 1.165) is 13.8 Å². The van der Waals surface area contributed by atoms with E-state index in [-0.39, 0.29) is 6.54 Å².